The van der Waals surface area contributed by atoms with Crippen LogP contribution in [0.5, 0.6) is 0 Å². The molecule has 1 aromatic rings. The minimum atomic E-state index is -0.616. The number of aliphatic hydroxyl groups excluding tert-OH is 1. The Bertz CT molecular complexity index is 1070. The van der Waals surface area contributed by atoms with E-state index in [9.17, 15) is 9.50 Å². The number of unbranched alkanes of at least 4 members (excludes halogenated alkanes) is 1. The molecule has 2 atom stereocenters. The first-order valence-electron chi connectivity index (χ1n) is 16.8. The molecular formula is C38H63FN4O. The van der Waals surface area contributed by atoms with Gasteiger partial charge in [0.15, 0.2) is 0 Å². The lowest BCUT2D eigenvalue weighted by molar-refractivity contribution is 0.245. The van der Waals surface area contributed by atoms with Crippen LogP contribution in [-0.2, 0) is 12.8 Å². The fourth-order valence-electron chi connectivity index (χ4n) is 4.60. The lowest BCUT2D eigenvalue weighted by Crippen LogP contribution is -2.35. The van der Waals surface area contributed by atoms with Crippen LogP contribution in [0.15, 0.2) is 84.3 Å². The van der Waals surface area contributed by atoms with Gasteiger partial charge in [0.05, 0.1) is 12.2 Å². The zero-order valence-electron chi connectivity index (χ0n) is 29.0. The van der Waals surface area contributed by atoms with Crippen molar-refractivity contribution < 1.29 is 9.50 Å². The van der Waals surface area contributed by atoms with E-state index in [0.29, 0.717) is 12.2 Å². The predicted octanol–water partition coefficient (Wildman–Crippen LogP) is 9.75. The largest absolute Gasteiger partial charge is 0.511 e. The second-order valence-electron chi connectivity index (χ2n) is 10.9. The summed E-state index contributed by atoms with van der Waals surface area (Å²) in [4.78, 5) is 7.03. The Morgan fingerprint density at radius 3 is 2.36 bits per heavy atom. The number of aliphatic hydroxyl groups is 1. The van der Waals surface area contributed by atoms with E-state index in [0.717, 1.165) is 93.5 Å². The molecular weight excluding hydrogens is 547 g/mol. The molecule has 248 valence electrons. The summed E-state index contributed by atoms with van der Waals surface area (Å²) in [6, 6.07) is 3.96. The van der Waals surface area contributed by atoms with Crippen LogP contribution in [0.3, 0.4) is 0 Å². The number of nitrogens with two attached hydrogens (primary N) is 1. The molecule has 6 heteroatoms. The lowest BCUT2D eigenvalue weighted by atomic mass is 9.98. The maximum Gasteiger partial charge on any atom is 0.126 e. The molecule has 0 aromatic carbocycles. The minimum absolute atomic E-state index is 0.148. The average molecular weight is 611 g/mol. The van der Waals surface area contributed by atoms with Gasteiger partial charge in [-0.3, -0.25) is 0 Å². The topological polar surface area (TPSA) is 74.4 Å². The monoisotopic (exact) mass is 610 g/mol. The summed E-state index contributed by atoms with van der Waals surface area (Å²) in [5, 5.41) is 13.7. The molecule has 2 unspecified atom stereocenters. The van der Waals surface area contributed by atoms with Gasteiger partial charge in [-0.1, -0.05) is 84.2 Å². The van der Waals surface area contributed by atoms with Crippen molar-refractivity contribution in [2.75, 3.05) is 25.4 Å². The van der Waals surface area contributed by atoms with E-state index in [2.05, 4.69) is 84.7 Å². The third-order valence-electron chi connectivity index (χ3n) is 7.21. The van der Waals surface area contributed by atoms with Crippen molar-refractivity contribution in [3.05, 3.63) is 95.6 Å². The molecule has 0 amide bonds. The highest BCUT2D eigenvalue weighted by Gasteiger charge is 2.15. The average Bonchev–Trinajstić information content (AvgIpc) is 3.02. The van der Waals surface area contributed by atoms with Crippen molar-refractivity contribution in [2.24, 2.45) is 0 Å². The van der Waals surface area contributed by atoms with E-state index in [-0.39, 0.29) is 11.8 Å². The maximum atomic E-state index is 11.4. The molecule has 0 spiro atoms. The van der Waals surface area contributed by atoms with Crippen LogP contribution in [0, 0.1) is 0 Å². The van der Waals surface area contributed by atoms with Crippen molar-refractivity contribution >= 4 is 5.82 Å². The summed E-state index contributed by atoms with van der Waals surface area (Å²) in [5.74, 6) is 0.811. The van der Waals surface area contributed by atoms with E-state index in [1.54, 1.807) is 6.92 Å². The quantitative estimate of drug-likeness (QED) is 0.0876. The fraction of sp³-hybridized carbons (Fsp3) is 0.553. The minimum Gasteiger partial charge on any atom is -0.511 e. The predicted molar refractivity (Wildman–Crippen MR) is 192 cm³/mol. The van der Waals surface area contributed by atoms with Crippen LogP contribution in [-0.4, -0.2) is 46.8 Å². The smallest absolute Gasteiger partial charge is 0.126 e. The molecule has 0 saturated heterocycles. The number of nitrogen functional groups attached to an aromatic ring is 1. The number of hydrogen-bond donors (Lipinski definition) is 3. The molecule has 0 fully saturated rings. The Morgan fingerprint density at radius 2 is 1.84 bits per heavy atom. The highest BCUT2D eigenvalue weighted by Crippen LogP contribution is 2.21. The molecule has 1 aliphatic rings. The normalized spacial score (nSPS) is 14.2. The molecule has 0 bridgehead atoms. The molecule has 0 aliphatic heterocycles. The Hall–Kier alpha value is -3.12. The van der Waals surface area contributed by atoms with Gasteiger partial charge in [-0.05, 0) is 114 Å². The highest BCUT2D eigenvalue weighted by atomic mass is 19.1. The Labute approximate surface area is 269 Å². The maximum absolute atomic E-state index is 11.4. The number of pyridine rings is 1. The van der Waals surface area contributed by atoms with Gasteiger partial charge in [-0.15, -0.1) is 0 Å². The Morgan fingerprint density at radius 1 is 1.14 bits per heavy atom. The first-order chi connectivity index (χ1) is 21.1. The van der Waals surface area contributed by atoms with Crippen LogP contribution in [0.1, 0.15) is 105 Å². The van der Waals surface area contributed by atoms with Crippen LogP contribution in [0.25, 0.3) is 0 Å². The highest BCUT2D eigenvalue weighted by molar-refractivity contribution is 5.50. The van der Waals surface area contributed by atoms with E-state index in [1.165, 1.54) is 5.57 Å². The van der Waals surface area contributed by atoms with Crippen molar-refractivity contribution in [1.82, 2.24) is 15.2 Å². The number of halogens is 1. The van der Waals surface area contributed by atoms with Crippen LogP contribution in [0.4, 0.5) is 10.2 Å². The number of rotatable bonds is 18. The lowest BCUT2D eigenvalue weighted by Gasteiger charge is -2.26. The van der Waals surface area contributed by atoms with Crippen LogP contribution >= 0.6 is 0 Å². The van der Waals surface area contributed by atoms with Crippen molar-refractivity contribution in [3.63, 3.8) is 0 Å². The van der Waals surface area contributed by atoms with Crippen LogP contribution < -0.4 is 11.1 Å². The van der Waals surface area contributed by atoms with Crippen molar-refractivity contribution in [1.29, 1.82) is 0 Å². The molecule has 1 aliphatic carbocycles. The number of alkyl halides is 1. The summed E-state index contributed by atoms with van der Waals surface area (Å²) in [5.41, 5.74) is 11.3. The van der Waals surface area contributed by atoms with E-state index >= 15 is 0 Å². The number of anilines is 1. The first kappa shape index (κ1) is 40.9. The molecule has 1 aromatic heterocycles. The van der Waals surface area contributed by atoms with E-state index in [4.69, 9.17) is 5.73 Å². The van der Waals surface area contributed by atoms with Crippen molar-refractivity contribution in [2.45, 2.75) is 118 Å². The Balaban J connectivity index is 0.00000239. The molecule has 5 nitrogen and oxygen atoms in total. The van der Waals surface area contributed by atoms with Gasteiger partial charge in [-0.25, -0.2) is 9.37 Å². The number of aryl methyl sites for hydroxylation is 2. The van der Waals surface area contributed by atoms with Gasteiger partial charge < -0.3 is 21.1 Å². The van der Waals surface area contributed by atoms with Gasteiger partial charge in [0.2, 0.25) is 0 Å². The van der Waals surface area contributed by atoms with Gasteiger partial charge in [0.25, 0.3) is 0 Å². The van der Waals surface area contributed by atoms with Gasteiger partial charge >= 0.3 is 0 Å². The summed E-state index contributed by atoms with van der Waals surface area (Å²) in [6.45, 7) is 24.7. The molecule has 0 radical (unpaired) electrons. The third kappa shape index (κ3) is 17.9. The van der Waals surface area contributed by atoms with Crippen molar-refractivity contribution in [3.8, 4) is 0 Å². The molecule has 44 heavy (non-hydrogen) atoms. The second kappa shape index (κ2) is 25.2. The second-order valence-corrected chi connectivity index (χ2v) is 10.9. The van der Waals surface area contributed by atoms with Gasteiger partial charge in [-0.2, -0.15) is 0 Å². The summed E-state index contributed by atoms with van der Waals surface area (Å²) in [7, 11) is 0. The zero-order valence-corrected chi connectivity index (χ0v) is 29.0. The SMILES string of the molecule is C=C(/C=C(\C=C/C)C1=CCCC=C1)NC(CCN(CCC)CCCCc1ccc(CC)c(N)n1)C(=C)O.CC.CCC(C)F. The van der Waals surface area contributed by atoms with Crippen LogP contribution in [0.2, 0.25) is 0 Å². The zero-order chi connectivity index (χ0) is 33.3. The molecule has 0 saturated carbocycles. The summed E-state index contributed by atoms with van der Waals surface area (Å²) < 4.78 is 11.4. The molecule has 2 rings (SSSR count). The third-order valence-corrected chi connectivity index (χ3v) is 7.21. The summed E-state index contributed by atoms with van der Waals surface area (Å²) in [6.07, 6.45) is 20.9. The first-order valence-corrected chi connectivity index (χ1v) is 16.8. The number of nitrogens with one attached hydrogen (secondary N) is 1. The van der Waals surface area contributed by atoms with E-state index < -0.39 is 6.17 Å². The number of aromatic nitrogens is 1. The number of nitrogens with zero attached hydrogens (tertiary/aromatic N) is 2. The molecule has 4 N–H and O–H groups in total. The van der Waals surface area contributed by atoms with Gasteiger partial charge in [0.1, 0.15) is 11.6 Å². The Kier molecular flexibility index (Phi) is 23.4. The number of hydrogen-bond acceptors (Lipinski definition) is 5. The fourth-order valence-corrected chi connectivity index (χ4v) is 4.60. The summed E-state index contributed by atoms with van der Waals surface area (Å²) >= 11 is 0. The standard InChI is InChI=1S/C32H48N4O.C4H9F.C2H6/c1-6-14-29(28-15-10-9-11-16-28)24-25(4)34-31(26(5)37)20-23-36(21-7-2)22-13-12-17-30-19-18-27(8-3)32(33)35-30;1-3-4(2)5;1-2/h6,10,14-16,18-19,24,31,34,37H,4-5,7-9,11-13,17,20-23H2,1-3H3,(H2,33,35);4H,3H2,1-2H3;1-2H3/b14-6-,29-24+;;. The van der Waals surface area contributed by atoms with Gasteiger partial charge in [0, 0.05) is 17.9 Å². The van der Waals surface area contributed by atoms with E-state index in [1.807, 2.05) is 33.8 Å². The number of allylic oxidation sites excluding steroid dienone is 8. The molecule has 1 heterocycles.